The minimum atomic E-state index is -0.381. The van der Waals surface area contributed by atoms with Crippen LogP contribution >= 0.6 is 0 Å². The second kappa shape index (κ2) is 5.42. The van der Waals surface area contributed by atoms with E-state index in [1.165, 1.54) is 6.07 Å². The van der Waals surface area contributed by atoms with Crippen molar-refractivity contribution < 1.29 is 4.92 Å². The molecule has 4 nitrogen and oxygen atoms in total. The third-order valence-corrected chi connectivity index (χ3v) is 2.59. The number of nitro groups is 1. The van der Waals surface area contributed by atoms with Gasteiger partial charge < -0.3 is 5.32 Å². The number of likely N-dealkylation sites (N-methyl/N-ethyl adjacent to an activating group) is 1. The smallest absolute Gasteiger partial charge is 0.270 e. The van der Waals surface area contributed by atoms with Crippen LogP contribution in [0.15, 0.2) is 29.8 Å². The molecule has 0 radical (unpaired) electrons. The lowest BCUT2D eigenvalue weighted by Gasteiger charge is -2.10. The zero-order valence-corrected chi connectivity index (χ0v) is 9.73. The molecule has 4 heteroatoms. The van der Waals surface area contributed by atoms with Gasteiger partial charge >= 0.3 is 0 Å². The summed E-state index contributed by atoms with van der Waals surface area (Å²) in [7, 11) is 1.88. The van der Waals surface area contributed by atoms with Gasteiger partial charge in [0.05, 0.1) is 4.92 Å². The van der Waals surface area contributed by atoms with Crippen molar-refractivity contribution in [2.24, 2.45) is 0 Å². The van der Waals surface area contributed by atoms with E-state index in [4.69, 9.17) is 0 Å². The van der Waals surface area contributed by atoms with Gasteiger partial charge in [0.2, 0.25) is 0 Å². The Morgan fingerprint density at radius 2 is 2.25 bits per heavy atom. The molecule has 1 rings (SSSR count). The van der Waals surface area contributed by atoms with E-state index >= 15 is 0 Å². The lowest BCUT2D eigenvalue weighted by atomic mass is 10.1. The minimum Gasteiger partial charge on any atom is -0.314 e. The topological polar surface area (TPSA) is 55.2 Å². The summed E-state index contributed by atoms with van der Waals surface area (Å²) in [5.41, 5.74) is 2.12. The van der Waals surface area contributed by atoms with Gasteiger partial charge in [0.15, 0.2) is 0 Å². The first-order valence-electron chi connectivity index (χ1n) is 5.14. The van der Waals surface area contributed by atoms with E-state index in [9.17, 15) is 10.1 Å². The molecule has 1 aromatic rings. The monoisotopic (exact) mass is 220 g/mol. The van der Waals surface area contributed by atoms with Crippen molar-refractivity contribution in [1.29, 1.82) is 0 Å². The standard InChI is InChI=1S/C12H16N2O2/c1-9(10(2)13-3)7-11-5-4-6-12(8-11)14(15)16/h4-8,10,13H,1-3H3/b9-7+. The van der Waals surface area contributed by atoms with Gasteiger partial charge in [-0.05, 0) is 26.5 Å². The van der Waals surface area contributed by atoms with E-state index in [1.807, 2.05) is 33.0 Å². The van der Waals surface area contributed by atoms with Gasteiger partial charge in [0.25, 0.3) is 5.69 Å². The molecule has 1 N–H and O–H groups in total. The number of benzene rings is 1. The summed E-state index contributed by atoms with van der Waals surface area (Å²) in [6.45, 7) is 4.04. The van der Waals surface area contributed by atoms with Crippen LogP contribution in [0.4, 0.5) is 5.69 Å². The molecule has 1 unspecified atom stereocenters. The van der Waals surface area contributed by atoms with Gasteiger partial charge in [-0.25, -0.2) is 0 Å². The molecule has 1 aromatic carbocycles. The Kier molecular flexibility index (Phi) is 4.19. The molecular weight excluding hydrogens is 204 g/mol. The third kappa shape index (κ3) is 3.17. The SMILES string of the molecule is CNC(C)/C(C)=C/c1cccc([N+](=O)[O-])c1. The fourth-order valence-electron chi connectivity index (χ4n) is 1.34. The van der Waals surface area contributed by atoms with Gasteiger partial charge in [-0.1, -0.05) is 23.8 Å². The first-order chi connectivity index (χ1) is 7.54. The number of non-ortho nitro benzene ring substituents is 1. The highest BCUT2D eigenvalue weighted by Crippen LogP contribution is 2.16. The number of nitrogens with one attached hydrogen (secondary N) is 1. The summed E-state index contributed by atoms with van der Waals surface area (Å²) in [5, 5.41) is 13.7. The molecule has 0 bridgehead atoms. The Balaban J connectivity index is 2.97. The Hall–Kier alpha value is -1.68. The molecule has 0 saturated heterocycles. The summed E-state index contributed by atoms with van der Waals surface area (Å²) >= 11 is 0. The van der Waals surface area contributed by atoms with Crippen molar-refractivity contribution in [2.45, 2.75) is 19.9 Å². The maximum atomic E-state index is 10.6. The summed E-state index contributed by atoms with van der Waals surface area (Å²) in [6, 6.07) is 6.89. The molecule has 0 saturated carbocycles. The first kappa shape index (κ1) is 12.4. The van der Waals surface area contributed by atoms with E-state index < -0.39 is 0 Å². The predicted octanol–water partition coefficient (Wildman–Crippen LogP) is 2.61. The van der Waals surface area contributed by atoms with Gasteiger partial charge in [-0.2, -0.15) is 0 Å². The van der Waals surface area contributed by atoms with Crippen molar-refractivity contribution in [3.8, 4) is 0 Å². The molecule has 16 heavy (non-hydrogen) atoms. The maximum Gasteiger partial charge on any atom is 0.270 e. The fourth-order valence-corrected chi connectivity index (χ4v) is 1.34. The van der Waals surface area contributed by atoms with Crippen LogP contribution in [0.5, 0.6) is 0 Å². The van der Waals surface area contributed by atoms with Crippen molar-refractivity contribution in [3.05, 3.63) is 45.5 Å². The maximum absolute atomic E-state index is 10.6. The molecular formula is C12H16N2O2. The molecule has 0 spiro atoms. The molecule has 0 aliphatic heterocycles. The summed E-state index contributed by atoms with van der Waals surface area (Å²) in [6.07, 6.45) is 1.95. The highest BCUT2D eigenvalue weighted by molar-refractivity contribution is 5.56. The Morgan fingerprint density at radius 1 is 1.56 bits per heavy atom. The van der Waals surface area contributed by atoms with Crippen LogP contribution in [0.2, 0.25) is 0 Å². The molecule has 0 aromatic heterocycles. The van der Waals surface area contributed by atoms with E-state index in [2.05, 4.69) is 5.32 Å². The summed E-state index contributed by atoms with van der Waals surface area (Å²) in [4.78, 5) is 10.2. The fraction of sp³-hybridized carbons (Fsp3) is 0.333. The minimum absolute atomic E-state index is 0.124. The van der Waals surface area contributed by atoms with Crippen LogP contribution < -0.4 is 5.32 Å². The average molecular weight is 220 g/mol. The molecule has 1 atom stereocenters. The number of hydrogen-bond donors (Lipinski definition) is 1. The summed E-state index contributed by atoms with van der Waals surface area (Å²) in [5.74, 6) is 0. The van der Waals surface area contributed by atoms with Crippen LogP contribution in [0.3, 0.4) is 0 Å². The lowest BCUT2D eigenvalue weighted by Crippen LogP contribution is -2.21. The van der Waals surface area contributed by atoms with Gasteiger partial charge in [0.1, 0.15) is 0 Å². The van der Waals surface area contributed by atoms with Crippen LogP contribution in [0.1, 0.15) is 19.4 Å². The van der Waals surface area contributed by atoms with Crippen LogP contribution in [0, 0.1) is 10.1 Å². The van der Waals surface area contributed by atoms with Crippen LogP contribution in [0.25, 0.3) is 6.08 Å². The van der Waals surface area contributed by atoms with Gasteiger partial charge in [-0.3, -0.25) is 10.1 Å². The molecule has 0 amide bonds. The quantitative estimate of drug-likeness (QED) is 0.626. The molecule has 0 heterocycles. The van der Waals surface area contributed by atoms with E-state index in [-0.39, 0.29) is 16.7 Å². The highest BCUT2D eigenvalue weighted by Gasteiger charge is 2.05. The van der Waals surface area contributed by atoms with E-state index in [0.29, 0.717) is 0 Å². The van der Waals surface area contributed by atoms with Crippen molar-refractivity contribution in [1.82, 2.24) is 5.32 Å². The predicted molar refractivity (Wildman–Crippen MR) is 65.3 cm³/mol. The third-order valence-electron chi connectivity index (χ3n) is 2.59. The first-order valence-corrected chi connectivity index (χ1v) is 5.14. The van der Waals surface area contributed by atoms with Gasteiger partial charge in [-0.15, -0.1) is 0 Å². The molecule has 0 aliphatic carbocycles. The zero-order valence-electron chi connectivity index (χ0n) is 9.73. The Bertz CT molecular complexity index is 413. The van der Waals surface area contributed by atoms with Crippen molar-refractivity contribution in [2.75, 3.05) is 7.05 Å². The van der Waals surface area contributed by atoms with Crippen molar-refractivity contribution in [3.63, 3.8) is 0 Å². The number of nitro benzene ring substituents is 1. The average Bonchev–Trinajstić information content (AvgIpc) is 2.28. The van der Waals surface area contributed by atoms with Crippen molar-refractivity contribution >= 4 is 11.8 Å². The van der Waals surface area contributed by atoms with E-state index in [0.717, 1.165) is 11.1 Å². The number of hydrogen-bond acceptors (Lipinski definition) is 3. The zero-order chi connectivity index (χ0) is 12.1. The van der Waals surface area contributed by atoms with Gasteiger partial charge in [0, 0.05) is 18.2 Å². The Labute approximate surface area is 95.1 Å². The van der Waals surface area contributed by atoms with E-state index in [1.54, 1.807) is 12.1 Å². The van der Waals surface area contributed by atoms with Crippen LogP contribution in [-0.4, -0.2) is 18.0 Å². The Morgan fingerprint density at radius 3 is 2.81 bits per heavy atom. The molecule has 0 fully saturated rings. The number of nitrogens with zero attached hydrogens (tertiary/aromatic N) is 1. The normalized spacial score (nSPS) is 13.6. The largest absolute Gasteiger partial charge is 0.314 e. The lowest BCUT2D eigenvalue weighted by molar-refractivity contribution is -0.384. The highest BCUT2D eigenvalue weighted by atomic mass is 16.6. The second-order valence-electron chi connectivity index (χ2n) is 3.75. The summed E-state index contributed by atoms with van der Waals surface area (Å²) < 4.78 is 0. The molecule has 0 aliphatic rings. The second-order valence-corrected chi connectivity index (χ2v) is 3.75. The number of rotatable bonds is 4. The van der Waals surface area contributed by atoms with Crippen LogP contribution in [-0.2, 0) is 0 Å². The molecule has 86 valence electrons.